The van der Waals surface area contributed by atoms with E-state index < -0.39 is 0 Å². The second-order valence-electron chi connectivity index (χ2n) is 2.86. The van der Waals surface area contributed by atoms with E-state index in [1.165, 1.54) is 18.5 Å². The molecule has 0 amide bonds. The van der Waals surface area contributed by atoms with Gasteiger partial charge < -0.3 is 15.3 Å². The number of rotatable bonds is 3. The van der Waals surface area contributed by atoms with Crippen LogP contribution in [0.2, 0.25) is 0 Å². The van der Waals surface area contributed by atoms with Crippen molar-refractivity contribution in [2.75, 3.05) is 11.2 Å². The van der Waals surface area contributed by atoms with E-state index in [0.717, 1.165) is 0 Å². The molecule has 2 heterocycles. The average Bonchev–Trinajstić information content (AvgIpc) is 2.69. The molecular weight excluding hydrogens is 210 g/mol. The number of nitrogens with one attached hydrogen (secondary N) is 1. The van der Waals surface area contributed by atoms with Crippen molar-refractivity contribution in [1.29, 1.82) is 0 Å². The smallest absolute Gasteiger partial charge is 0.225 e. The first-order chi connectivity index (χ1) is 7.74. The van der Waals surface area contributed by atoms with Crippen molar-refractivity contribution in [3.05, 3.63) is 30.2 Å². The molecule has 0 bridgehead atoms. The van der Waals surface area contributed by atoms with Gasteiger partial charge in [0.15, 0.2) is 5.82 Å². The van der Waals surface area contributed by atoms with E-state index in [0.29, 0.717) is 11.6 Å². The van der Waals surface area contributed by atoms with E-state index in [1.807, 2.05) is 0 Å². The summed E-state index contributed by atoms with van der Waals surface area (Å²) < 4.78 is 5.02. The Hall–Kier alpha value is -2.57. The van der Waals surface area contributed by atoms with Crippen LogP contribution in [0.1, 0.15) is 5.76 Å². The third kappa shape index (κ3) is 2.47. The molecule has 0 saturated carbocycles. The molecule has 0 aliphatic heterocycles. The van der Waals surface area contributed by atoms with Crippen LogP contribution in [0.5, 0.6) is 5.88 Å². The van der Waals surface area contributed by atoms with Gasteiger partial charge in [-0.2, -0.15) is 15.1 Å². The van der Waals surface area contributed by atoms with Gasteiger partial charge in [-0.1, -0.05) is 0 Å². The van der Waals surface area contributed by atoms with Crippen LogP contribution in [0.4, 0.5) is 11.8 Å². The third-order valence-corrected chi connectivity index (χ3v) is 1.64. The van der Waals surface area contributed by atoms with Crippen LogP contribution in [0.3, 0.4) is 0 Å². The average molecular weight is 219 g/mol. The van der Waals surface area contributed by atoms with Crippen LogP contribution < -0.4 is 11.2 Å². The number of anilines is 2. The lowest BCUT2D eigenvalue weighted by molar-refractivity contribution is 0.453. The largest absolute Gasteiger partial charge is 0.493 e. The molecule has 16 heavy (non-hydrogen) atoms. The first kappa shape index (κ1) is 9.97. The first-order valence-corrected chi connectivity index (χ1v) is 4.40. The topological polar surface area (TPSA) is 110 Å². The predicted octanol–water partition coefficient (Wildman–Crippen LogP) is 0.803. The van der Waals surface area contributed by atoms with E-state index in [-0.39, 0.29) is 11.8 Å². The maximum atomic E-state index is 9.14. The maximum Gasteiger partial charge on any atom is 0.225 e. The Morgan fingerprint density at radius 3 is 3.06 bits per heavy atom. The van der Waals surface area contributed by atoms with Gasteiger partial charge >= 0.3 is 0 Å². The van der Waals surface area contributed by atoms with Crippen molar-refractivity contribution >= 4 is 18.0 Å². The highest BCUT2D eigenvalue weighted by Gasteiger charge is 1.98. The van der Waals surface area contributed by atoms with E-state index in [2.05, 4.69) is 20.5 Å². The normalized spacial score (nSPS) is 10.8. The Morgan fingerprint density at radius 1 is 1.50 bits per heavy atom. The molecular formula is C9H9N5O2. The molecule has 7 nitrogen and oxygen atoms in total. The molecule has 7 heteroatoms. The van der Waals surface area contributed by atoms with Crippen LogP contribution in [0.15, 0.2) is 34.0 Å². The Bertz CT molecular complexity index is 474. The fourth-order valence-electron chi connectivity index (χ4n) is 1.04. The van der Waals surface area contributed by atoms with Crippen LogP contribution in [-0.4, -0.2) is 21.3 Å². The third-order valence-electron chi connectivity index (χ3n) is 1.64. The highest BCUT2D eigenvalue weighted by molar-refractivity contribution is 5.76. The van der Waals surface area contributed by atoms with Crippen LogP contribution >= 0.6 is 0 Å². The fraction of sp³-hybridized carbons (Fsp3) is 0. The number of nitrogens with zero attached hydrogens (tertiary/aromatic N) is 3. The second kappa shape index (κ2) is 4.30. The van der Waals surface area contributed by atoms with Crippen molar-refractivity contribution in [1.82, 2.24) is 9.97 Å². The van der Waals surface area contributed by atoms with Crippen molar-refractivity contribution in [2.24, 2.45) is 5.10 Å². The monoisotopic (exact) mass is 219 g/mol. The minimum absolute atomic E-state index is 0.0318. The maximum absolute atomic E-state index is 9.14. The highest BCUT2D eigenvalue weighted by atomic mass is 16.3. The van der Waals surface area contributed by atoms with Gasteiger partial charge in [0, 0.05) is 6.07 Å². The quantitative estimate of drug-likeness (QED) is 0.520. The summed E-state index contributed by atoms with van der Waals surface area (Å²) in [5.74, 6) is 0.644. The van der Waals surface area contributed by atoms with E-state index in [1.54, 1.807) is 12.1 Å². The number of nitrogen functional groups attached to an aromatic ring is 1. The lowest BCUT2D eigenvalue weighted by atomic mass is 10.5. The summed E-state index contributed by atoms with van der Waals surface area (Å²) >= 11 is 0. The minimum Gasteiger partial charge on any atom is -0.493 e. The molecule has 2 rings (SSSR count). The van der Waals surface area contributed by atoms with Gasteiger partial charge in [0.2, 0.25) is 11.8 Å². The lowest BCUT2D eigenvalue weighted by Crippen LogP contribution is -1.99. The van der Waals surface area contributed by atoms with E-state index in [9.17, 15) is 0 Å². The SMILES string of the molecule is Nc1nc(O)cc(NN=Cc2ccco2)n1. The van der Waals surface area contributed by atoms with Gasteiger partial charge in [0.25, 0.3) is 0 Å². The van der Waals surface area contributed by atoms with Gasteiger partial charge in [-0.05, 0) is 12.1 Å². The summed E-state index contributed by atoms with van der Waals surface area (Å²) in [5.41, 5.74) is 7.92. The summed E-state index contributed by atoms with van der Waals surface area (Å²) in [6.07, 6.45) is 3.01. The van der Waals surface area contributed by atoms with Gasteiger partial charge in [0.1, 0.15) is 5.76 Å². The molecule has 0 atom stereocenters. The number of hydrogen-bond donors (Lipinski definition) is 3. The van der Waals surface area contributed by atoms with Gasteiger partial charge in [-0.3, -0.25) is 5.43 Å². The molecule has 0 fully saturated rings. The minimum atomic E-state index is -0.219. The lowest BCUT2D eigenvalue weighted by Gasteiger charge is -1.99. The van der Waals surface area contributed by atoms with Crippen molar-refractivity contribution in [3.63, 3.8) is 0 Å². The molecule has 2 aromatic heterocycles. The second-order valence-corrected chi connectivity index (χ2v) is 2.86. The molecule has 0 aromatic carbocycles. The van der Waals surface area contributed by atoms with Gasteiger partial charge in [-0.25, -0.2) is 0 Å². The van der Waals surface area contributed by atoms with Gasteiger partial charge in [0.05, 0.1) is 12.5 Å². The van der Waals surface area contributed by atoms with Gasteiger partial charge in [-0.15, -0.1) is 0 Å². The standard InChI is InChI=1S/C9H9N5O2/c10-9-12-7(4-8(15)13-9)14-11-5-6-2-1-3-16-6/h1-5H,(H4,10,12,13,14,15). The molecule has 82 valence electrons. The number of hydrazone groups is 1. The Morgan fingerprint density at radius 2 is 2.38 bits per heavy atom. The number of hydrogen-bond acceptors (Lipinski definition) is 7. The number of aromatic hydroxyl groups is 1. The van der Waals surface area contributed by atoms with Crippen LogP contribution in [-0.2, 0) is 0 Å². The molecule has 0 aliphatic carbocycles. The van der Waals surface area contributed by atoms with E-state index >= 15 is 0 Å². The molecule has 4 N–H and O–H groups in total. The molecule has 0 unspecified atom stereocenters. The number of furan rings is 1. The Kier molecular flexibility index (Phi) is 2.68. The predicted molar refractivity (Wildman–Crippen MR) is 58.0 cm³/mol. The zero-order chi connectivity index (χ0) is 11.4. The fourth-order valence-corrected chi connectivity index (χ4v) is 1.04. The number of aromatic nitrogens is 2. The van der Waals surface area contributed by atoms with Crippen LogP contribution in [0, 0.1) is 0 Å². The van der Waals surface area contributed by atoms with Crippen LogP contribution in [0.25, 0.3) is 0 Å². The molecule has 0 radical (unpaired) electrons. The van der Waals surface area contributed by atoms with Crippen molar-refractivity contribution in [3.8, 4) is 5.88 Å². The van der Waals surface area contributed by atoms with Crippen molar-refractivity contribution < 1.29 is 9.52 Å². The zero-order valence-corrected chi connectivity index (χ0v) is 8.16. The summed E-state index contributed by atoms with van der Waals surface area (Å²) in [5, 5.41) is 13.0. The summed E-state index contributed by atoms with van der Waals surface area (Å²) in [4.78, 5) is 7.31. The highest BCUT2D eigenvalue weighted by Crippen LogP contribution is 2.12. The Labute approximate surface area is 90.6 Å². The van der Waals surface area contributed by atoms with Crippen molar-refractivity contribution in [2.45, 2.75) is 0 Å². The molecule has 0 spiro atoms. The number of nitrogens with two attached hydrogens (primary N) is 1. The first-order valence-electron chi connectivity index (χ1n) is 4.40. The molecule has 2 aromatic rings. The van der Waals surface area contributed by atoms with E-state index in [4.69, 9.17) is 15.3 Å². The molecule has 0 saturated heterocycles. The summed E-state index contributed by atoms with van der Waals surface area (Å²) in [6.45, 7) is 0. The summed E-state index contributed by atoms with van der Waals surface area (Å²) in [7, 11) is 0. The zero-order valence-electron chi connectivity index (χ0n) is 8.16. The summed E-state index contributed by atoms with van der Waals surface area (Å²) in [6, 6.07) is 4.79. The Balaban J connectivity index is 2.04. The molecule has 0 aliphatic rings.